The standard InChI is InChI=1S/C13H16O3/c1-8(2)13(15)16-10(4)12-6-5-11(14)7-9(12)3/h5-7,10,14H,1H2,2-4H3. The van der Waals surface area contributed by atoms with E-state index >= 15 is 0 Å². The topological polar surface area (TPSA) is 46.5 Å². The zero-order valence-corrected chi connectivity index (χ0v) is 9.78. The molecule has 1 N–H and O–H groups in total. The van der Waals surface area contributed by atoms with E-state index in [1.807, 2.05) is 6.92 Å². The Kier molecular flexibility index (Phi) is 3.72. The number of phenols is 1. The highest BCUT2D eigenvalue weighted by Gasteiger charge is 2.14. The van der Waals surface area contributed by atoms with Crippen LogP contribution in [0.25, 0.3) is 0 Å². The van der Waals surface area contributed by atoms with Gasteiger partial charge in [-0.1, -0.05) is 12.6 Å². The van der Waals surface area contributed by atoms with Crippen LogP contribution < -0.4 is 0 Å². The van der Waals surface area contributed by atoms with E-state index in [1.165, 1.54) is 0 Å². The quantitative estimate of drug-likeness (QED) is 0.629. The highest BCUT2D eigenvalue weighted by Crippen LogP contribution is 2.24. The summed E-state index contributed by atoms with van der Waals surface area (Å²) >= 11 is 0. The zero-order chi connectivity index (χ0) is 12.3. The number of aromatic hydroxyl groups is 1. The lowest BCUT2D eigenvalue weighted by Gasteiger charge is -2.15. The summed E-state index contributed by atoms with van der Waals surface area (Å²) in [6.07, 6.45) is -0.343. The van der Waals surface area contributed by atoms with E-state index in [0.717, 1.165) is 11.1 Å². The van der Waals surface area contributed by atoms with Crippen LogP contribution in [0.15, 0.2) is 30.4 Å². The van der Waals surface area contributed by atoms with E-state index in [0.29, 0.717) is 5.57 Å². The summed E-state index contributed by atoms with van der Waals surface area (Å²) in [7, 11) is 0. The fraction of sp³-hybridized carbons (Fsp3) is 0.308. The lowest BCUT2D eigenvalue weighted by molar-refractivity contribution is -0.143. The second kappa shape index (κ2) is 4.84. The zero-order valence-electron chi connectivity index (χ0n) is 9.78. The third-order valence-corrected chi connectivity index (χ3v) is 2.32. The van der Waals surface area contributed by atoms with Crippen molar-refractivity contribution in [3.05, 3.63) is 41.5 Å². The van der Waals surface area contributed by atoms with Gasteiger partial charge in [0.1, 0.15) is 11.9 Å². The molecule has 0 aliphatic carbocycles. The lowest BCUT2D eigenvalue weighted by atomic mass is 10.0. The van der Waals surface area contributed by atoms with E-state index < -0.39 is 5.97 Å². The third-order valence-electron chi connectivity index (χ3n) is 2.32. The molecule has 1 atom stereocenters. The van der Waals surface area contributed by atoms with Crippen LogP contribution in [0.2, 0.25) is 0 Å². The number of carbonyl (C=O) groups is 1. The van der Waals surface area contributed by atoms with Gasteiger partial charge in [-0.3, -0.25) is 0 Å². The SMILES string of the molecule is C=C(C)C(=O)OC(C)c1ccc(O)cc1C. The minimum atomic E-state index is -0.403. The van der Waals surface area contributed by atoms with Gasteiger partial charge < -0.3 is 9.84 Å². The molecule has 3 heteroatoms. The van der Waals surface area contributed by atoms with Crippen LogP contribution in [-0.4, -0.2) is 11.1 Å². The largest absolute Gasteiger partial charge is 0.508 e. The van der Waals surface area contributed by atoms with Crippen molar-refractivity contribution in [2.24, 2.45) is 0 Å². The van der Waals surface area contributed by atoms with Crippen LogP contribution in [0.3, 0.4) is 0 Å². The number of hydrogen-bond donors (Lipinski definition) is 1. The molecular formula is C13H16O3. The molecule has 3 nitrogen and oxygen atoms in total. The summed E-state index contributed by atoms with van der Waals surface area (Å²) < 4.78 is 5.20. The molecule has 1 aromatic carbocycles. The molecule has 0 aliphatic heterocycles. The Bertz CT molecular complexity index is 421. The van der Waals surface area contributed by atoms with Gasteiger partial charge in [0.25, 0.3) is 0 Å². The van der Waals surface area contributed by atoms with E-state index in [2.05, 4.69) is 6.58 Å². The van der Waals surface area contributed by atoms with Crippen molar-refractivity contribution in [1.82, 2.24) is 0 Å². The summed E-state index contributed by atoms with van der Waals surface area (Å²) in [4.78, 5) is 11.3. The van der Waals surface area contributed by atoms with Crippen LogP contribution in [0.5, 0.6) is 5.75 Å². The van der Waals surface area contributed by atoms with Crippen LogP contribution >= 0.6 is 0 Å². The lowest BCUT2D eigenvalue weighted by Crippen LogP contribution is -2.10. The van der Waals surface area contributed by atoms with Gasteiger partial charge in [0, 0.05) is 5.57 Å². The molecule has 0 spiro atoms. The first-order valence-corrected chi connectivity index (χ1v) is 5.08. The van der Waals surface area contributed by atoms with Crippen molar-refractivity contribution in [2.45, 2.75) is 26.9 Å². The van der Waals surface area contributed by atoms with Crippen molar-refractivity contribution in [3.8, 4) is 5.75 Å². The average Bonchev–Trinajstić information content (AvgIpc) is 2.16. The summed E-state index contributed by atoms with van der Waals surface area (Å²) in [6.45, 7) is 8.79. The van der Waals surface area contributed by atoms with Gasteiger partial charge in [0.15, 0.2) is 0 Å². The highest BCUT2D eigenvalue weighted by atomic mass is 16.5. The fourth-order valence-corrected chi connectivity index (χ4v) is 1.44. The van der Waals surface area contributed by atoms with Crippen molar-refractivity contribution in [2.75, 3.05) is 0 Å². The number of hydrogen-bond acceptors (Lipinski definition) is 3. The molecule has 0 bridgehead atoms. The number of ether oxygens (including phenoxy) is 1. The Balaban J connectivity index is 2.84. The molecule has 0 radical (unpaired) electrons. The van der Waals surface area contributed by atoms with Gasteiger partial charge in [-0.2, -0.15) is 0 Å². The number of carbonyl (C=O) groups excluding carboxylic acids is 1. The summed E-state index contributed by atoms with van der Waals surface area (Å²) in [5.74, 6) is -0.195. The highest BCUT2D eigenvalue weighted by molar-refractivity contribution is 5.87. The average molecular weight is 220 g/mol. The number of aryl methyl sites for hydroxylation is 1. The molecule has 86 valence electrons. The second-order valence-corrected chi connectivity index (χ2v) is 3.87. The fourth-order valence-electron chi connectivity index (χ4n) is 1.44. The van der Waals surface area contributed by atoms with Crippen molar-refractivity contribution < 1.29 is 14.6 Å². The predicted octanol–water partition coefficient (Wildman–Crippen LogP) is 2.88. The molecule has 0 aromatic heterocycles. The smallest absolute Gasteiger partial charge is 0.333 e. The molecule has 0 heterocycles. The number of rotatable bonds is 3. The number of phenolic OH excluding ortho intramolecular Hbond substituents is 1. The van der Waals surface area contributed by atoms with Gasteiger partial charge in [-0.25, -0.2) is 4.79 Å². The Morgan fingerprint density at radius 3 is 2.62 bits per heavy atom. The maximum absolute atomic E-state index is 11.3. The maximum atomic E-state index is 11.3. The van der Waals surface area contributed by atoms with Crippen molar-refractivity contribution >= 4 is 5.97 Å². The van der Waals surface area contributed by atoms with Gasteiger partial charge in [-0.15, -0.1) is 0 Å². The molecule has 0 saturated heterocycles. The molecular weight excluding hydrogens is 204 g/mol. The normalized spacial score (nSPS) is 11.9. The Morgan fingerprint density at radius 2 is 2.12 bits per heavy atom. The first-order valence-electron chi connectivity index (χ1n) is 5.08. The van der Waals surface area contributed by atoms with E-state index in [1.54, 1.807) is 32.0 Å². The molecule has 0 aliphatic rings. The Morgan fingerprint density at radius 1 is 1.50 bits per heavy atom. The predicted molar refractivity (Wildman–Crippen MR) is 62.2 cm³/mol. The molecule has 16 heavy (non-hydrogen) atoms. The maximum Gasteiger partial charge on any atom is 0.333 e. The number of esters is 1. The molecule has 1 unspecified atom stereocenters. The molecule has 1 rings (SSSR count). The molecule has 0 fully saturated rings. The van der Waals surface area contributed by atoms with E-state index in [4.69, 9.17) is 4.74 Å². The molecule has 0 amide bonds. The van der Waals surface area contributed by atoms with Gasteiger partial charge in [0.05, 0.1) is 0 Å². The van der Waals surface area contributed by atoms with E-state index in [9.17, 15) is 9.90 Å². The monoisotopic (exact) mass is 220 g/mol. The first-order chi connectivity index (χ1) is 7.41. The van der Waals surface area contributed by atoms with Crippen molar-refractivity contribution in [3.63, 3.8) is 0 Å². The van der Waals surface area contributed by atoms with Crippen LogP contribution in [0, 0.1) is 6.92 Å². The number of benzene rings is 1. The second-order valence-electron chi connectivity index (χ2n) is 3.87. The van der Waals surface area contributed by atoms with Crippen LogP contribution in [-0.2, 0) is 9.53 Å². The Labute approximate surface area is 95.4 Å². The van der Waals surface area contributed by atoms with Crippen LogP contribution in [0.4, 0.5) is 0 Å². The molecule has 1 aromatic rings. The third kappa shape index (κ3) is 2.86. The minimum Gasteiger partial charge on any atom is -0.508 e. The van der Waals surface area contributed by atoms with Crippen LogP contribution in [0.1, 0.15) is 31.1 Å². The summed E-state index contributed by atoms with van der Waals surface area (Å²) in [5.41, 5.74) is 2.15. The molecule has 0 saturated carbocycles. The van der Waals surface area contributed by atoms with Gasteiger partial charge >= 0.3 is 5.97 Å². The first kappa shape index (κ1) is 12.3. The Hall–Kier alpha value is -1.77. The van der Waals surface area contributed by atoms with Crippen molar-refractivity contribution in [1.29, 1.82) is 0 Å². The van der Waals surface area contributed by atoms with Gasteiger partial charge in [0.2, 0.25) is 0 Å². The van der Waals surface area contributed by atoms with Gasteiger partial charge in [-0.05, 0) is 44.0 Å². The van der Waals surface area contributed by atoms with E-state index in [-0.39, 0.29) is 11.9 Å². The summed E-state index contributed by atoms with van der Waals surface area (Å²) in [6, 6.07) is 4.97. The minimum absolute atomic E-state index is 0.208. The summed E-state index contributed by atoms with van der Waals surface area (Å²) in [5, 5.41) is 9.27.